The fourth-order valence-corrected chi connectivity index (χ4v) is 4.03. The Kier molecular flexibility index (Phi) is 4.15. The maximum Gasteiger partial charge on any atom is 0.255 e. The molecule has 0 radical (unpaired) electrons. The van der Waals surface area contributed by atoms with Crippen molar-refractivity contribution in [3.63, 3.8) is 0 Å². The molecule has 1 saturated heterocycles. The summed E-state index contributed by atoms with van der Waals surface area (Å²) < 4.78 is 0. The lowest BCUT2D eigenvalue weighted by Gasteiger charge is -2.24. The fraction of sp³-hybridized carbons (Fsp3) is 0.333. The van der Waals surface area contributed by atoms with E-state index in [1.807, 2.05) is 24.0 Å². The zero-order valence-electron chi connectivity index (χ0n) is 14.7. The molecule has 2 aliphatic rings. The highest BCUT2D eigenvalue weighted by Crippen LogP contribution is 2.28. The van der Waals surface area contributed by atoms with Crippen LogP contribution in [0.15, 0.2) is 42.5 Å². The number of carbonyl (C=O) groups excluding carboxylic acids is 2. The molecule has 0 bridgehead atoms. The van der Waals surface area contributed by atoms with Gasteiger partial charge in [-0.1, -0.05) is 35.9 Å². The minimum atomic E-state index is -0.333. The third-order valence-corrected chi connectivity index (χ3v) is 5.36. The van der Waals surface area contributed by atoms with E-state index in [9.17, 15) is 14.7 Å². The van der Waals surface area contributed by atoms with Crippen LogP contribution in [0.25, 0.3) is 0 Å². The summed E-state index contributed by atoms with van der Waals surface area (Å²) in [5.41, 5.74) is 3.77. The molecule has 1 unspecified atom stereocenters. The SMILES string of the molecule is Cc1ccc(O)c(C(=O)NC2CC(=O)N(C3Cc4ccccc4C3)C2)c1. The van der Waals surface area contributed by atoms with Crippen LogP contribution in [-0.4, -0.2) is 40.4 Å². The molecule has 0 aromatic heterocycles. The van der Waals surface area contributed by atoms with Crippen molar-refractivity contribution in [3.05, 3.63) is 64.7 Å². The zero-order chi connectivity index (χ0) is 18.3. The van der Waals surface area contributed by atoms with Crippen molar-refractivity contribution >= 4 is 11.8 Å². The first kappa shape index (κ1) is 16.6. The van der Waals surface area contributed by atoms with E-state index < -0.39 is 0 Å². The van der Waals surface area contributed by atoms with Gasteiger partial charge in [0.15, 0.2) is 0 Å². The number of phenols is 1. The summed E-state index contributed by atoms with van der Waals surface area (Å²) in [5.74, 6) is -0.289. The first-order valence-corrected chi connectivity index (χ1v) is 8.98. The molecule has 2 aromatic carbocycles. The van der Waals surface area contributed by atoms with Crippen LogP contribution in [0, 0.1) is 6.92 Å². The highest BCUT2D eigenvalue weighted by molar-refractivity contribution is 5.97. The molecular formula is C21H22N2O3. The third-order valence-electron chi connectivity index (χ3n) is 5.36. The Morgan fingerprint density at radius 2 is 1.81 bits per heavy atom. The highest BCUT2D eigenvalue weighted by atomic mass is 16.3. The van der Waals surface area contributed by atoms with Crippen LogP contribution in [0.2, 0.25) is 0 Å². The summed E-state index contributed by atoms with van der Waals surface area (Å²) in [6, 6.07) is 13.2. The summed E-state index contributed by atoms with van der Waals surface area (Å²) in [6.45, 7) is 2.39. The topological polar surface area (TPSA) is 69.6 Å². The molecule has 4 rings (SSSR count). The van der Waals surface area contributed by atoms with E-state index in [1.165, 1.54) is 17.2 Å². The number of amides is 2. The van der Waals surface area contributed by atoms with E-state index in [0.717, 1.165) is 18.4 Å². The van der Waals surface area contributed by atoms with E-state index in [4.69, 9.17) is 0 Å². The van der Waals surface area contributed by atoms with Crippen molar-refractivity contribution < 1.29 is 14.7 Å². The Hall–Kier alpha value is -2.82. The molecule has 2 aromatic rings. The second-order valence-corrected chi connectivity index (χ2v) is 7.27. The summed E-state index contributed by atoms with van der Waals surface area (Å²) >= 11 is 0. The van der Waals surface area contributed by atoms with Gasteiger partial charge >= 0.3 is 0 Å². The maximum atomic E-state index is 12.5. The van der Waals surface area contributed by atoms with Gasteiger partial charge in [-0.05, 0) is 43.0 Å². The number of hydrogen-bond acceptors (Lipinski definition) is 3. The Balaban J connectivity index is 1.42. The number of fused-ring (bicyclic) bond motifs is 1. The van der Waals surface area contributed by atoms with Gasteiger partial charge in [0, 0.05) is 19.0 Å². The zero-order valence-corrected chi connectivity index (χ0v) is 14.7. The van der Waals surface area contributed by atoms with E-state index >= 15 is 0 Å². The average Bonchev–Trinajstić information content (AvgIpc) is 3.19. The van der Waals surface area contributed by atoms with Gasteiger partial charge in [0.25, 0.3) is 5.91 Å². The number of benzene rings is 2. The van der Waals surface area contributed by atoms with Crippen LogP contribution < -0.4 is 5.32 Å². The number of likely N-dealkylation sites (tertiary alicyclic amines) is 1. The van der Waals surface area contributed by atoms with Gasteiger partial charge < -0.3 is 15.3 Å². The lowest BCUT2D eigenvalue weighted by atomic mass is 10.1. The molecule has 0 spiro atoms. The van der Waals surface area contributed by atoms with Gasteiger partial charge in [0.05, 0.1) is 11.6 Å². The second kappa shape index (κ2) is 6.48. The number of nitrogens with one attached hydrogen (secondary N) is 1. The quantitative estimate of drug-likeness (QED) is 0.892. The van der Waals surface area contributed by atoms with Crippen molar-refractivity contribution in [1.82, 2.24) is 10.2 Å². The molecule has 5 nitrogen and oxygen atoms in total. The largest absolute Gasteiger partial charge is 0.507 e. The number of carbonyl (C=O) groups is 2. The van der Waals surface area contributed by atoms with Gasteiger partial charge in [-0.2, -0.15) is 0 Å². The smallest absolute Gasteiger partial charge is 0.255 e. The number of hydrogen-bond donors (Lipinski definition) is 2. The first-order valence-electron chi connectivity index (χ1n) is 8.98. The van der Waals surface area contributed by atoms with Gasteiger partial charge in [0.1, 0.15) is 5.75 Å². The summed E-state index contributed by atoms with van der Waals surface area (Å²) in [6.07, 6.45) is 2.06. The van der Waals surface area contributed by atoms with E-state index in [-0.39, 0.29) is 35.2 Å². The number of nitrogens with zero attached hydrogens (tertiary/aromatic N) is 1. The lowest BCUT2D eigenvalue weighted by molar-refractivity contribution is -0.129. The molecule has 26 heavy (non-hydrogen) atoms. The molecule has 134 valence electrons. The summed E-state index contributed by atoms with van der Waals surface area (Å²) in [4.78, 5) is 26.9. The van der Waals surface area contributed by atoms with E-state index in [2.05, 4.69) is 17.4 Å². The Morgan fingerprint density at radius 3 is 2.50 bits per heavy atom. The van der Waals surface area contributed by atoms with Crippen molar-refractivity contribution in [3.8, 4) is 5.75 Å². The first-order chi connectivity index (χ1) is 12.5. The minimum absolute atomic E-state index is 0.0412. The van der Waals surface area contributed by atoms with Crippen LogP contribution in [0.5, 0.6) is 5.75 Å². The normalized spacial score (nSPS) is 19.7. The molecule has 0 saturated carbocycles. The highest BCUT2D eigenvalue weighted by Gasteiger charge is 2.37. The monoisotopic (exact) mass is 350 g/mol. The summed E-state index contributed by atoms with van der Waals surface area (Å²) in [5, 5.41) is 12.8. The van der Waals surface area contributed by atoms with E-state index in [0.29, 0.717) is 13.0 Å². The standard InChI is InChI=1S/C21H22N2O3/c1-13-6-7-19(24)18(8-13)21(26)22-16-11-20(25)23(12-16)17-9-14-4-2-3-5-15(14)10-17/h2-8,16-17,24H,9-12H2,1H3,(H,22,26). The molecule has 1 atom stereocenters. The van der Waals surface area contributed by atoms with Crippen LogP contribution in [0.4, 0.5) is 0 Å². The van der Waals surface area contributed by atoms with Gasteiger partial charge in [-0.3, -0.25) is 9.59 Å². The molecule has 5 heteroatoms. The van der Waals surface area contributed by atoms with Crippen molar-refractivity contribution in [2.45, 2.75) is 38.3 Å². The molecule has 1 fully saturated rings. The predicted octanol–water partition coefficient (Wildman–Crippen LogP) is 2.20. The van der Waals surface area contributed by atoms with Crippen LogP contribution >= 0.6 is 0 Å². The average molecular weight is 350 g/mol. The molecule has 1 aliphatic heterocycles. The summed E-state index contributed by atoms with van der Waals surface area (Å²) in [7, 11) is 0. The Labute approximate surface area is 152 Å². The van der Waals surface area contributed by atoms with E-state index in [1.54, 1.807) is 12.1 Å². The molecule has 1 heterocycles. The molecule has 2 amide bonds. The minimum Gasteiger partial charge on any atom is -0.507 e. The van der Waals surface area contributed by atoms with Crippen LogP contribution in [-0.2, 0) is 17.6 Å². The Bertz CT molecular complexity index is 852. The number of aryl methyl sites for hydroxylation is 1. The van der Waals surface area contributed by atoms with Crippen molar-refractivity contribution in [2.75, 3.05) is 6.54 Å². The Morgan fingerprint density at radius 1 is 1.12 bits per heavy atom. The van der Waals surface area contributed by atoms with Crippen LogP contribution in [0.1, 0.15) is 33.5 Å². The second-order valence-electron chi connectivity index (χ2n) is 7.27. The van der Waals surface area contributed by atoms with Gasteiger partial charge in [-0.15, -0.1) is 0 Å². The van der Waals surface area contributed by atoms with Crippen molar-refractivity contribution in [2.24, 2.45) is 0 Å². The van der Waals surface area contributed by atoms with Gasteiger partial charge in [0.2, 0.25) is 5.91 Å². The number of rotatable bonds is 3. The number of aromatic hydroxyl groups is 1. The van der Waals surface area contributed by atoms with Gasteiger partial charge in [-0.25, -0.2) is 0 Å². The maximum absolute atomic E-state index is 12.5. The van der Waals surface area contributed by atoms with Crippen LogP contribution in [0.3, 0.4) is 0 Å². The third kappa shape index (κ3) is 3.05. The predicted molar refractivity (Wildman–Crippen MR) is 98.1 cm³/mol. The molecule has 2 N–H and O–H groups in total. The lowest BCUT2D eigenvalue weighted by Crippen LogP contribution is -2.41. The van der Waals surface area contributed by atoms with Crippen molar-refractivity contribution in [1.29, 1.82) is 0 Å². The molecular weight excluding hydrogens is 328 g/mol. The fourth-order valence-electron chi connectivity index (χ4n) is 4.03. The molecule has 1 aliphatic carbocycles. The number of phenolic OH excluding ortho intramolecular Hbond substituents is 1.